The first-order chi connectivity index (χ1) is 32.3. The van der Waals surface area contributed by atoms with E-state index < -0.39 is 16.1 Å². The van der Waals surface area contributed by atoms with Crippen LogP contribution in [0.4, 0.5) is 11.5 Å². The average molecular weight is 972 g/mol. The van der Waals surface area contributed by atoms with Crippen LogP contribution in [0.15, 0.2) is 30.5 Å². The minimum Gasteiger partial charge on any atom is -0.379 e. The van der Waals surface area contributed by atoms with Crippen LogP contribution in [0.2, 0.25) is 5.02 Å². The Morgan fingerprint density at radius 2 is 1.66 bits per heavy atom. The van der Waals surface area contributed by atoms with E-state index in [0.29, 0.717) is 76.0 Å². The third-order valence-corrected chi connectivity index (χ3v) is 12.8. The number of carbonyl (C=O) groups excluding carboxylic acids is 3. The fourth-order valence-electron chi connectivity index (χ4n) is 8.65. The molecule has 1 aromatic carbocycles. The summed E-state index contributed by atoms with van der Waals surface area (Å²) < 4.78 is 49.9. The van der Waals surface area contributed by atoms with Gasteiger partial charge in [0.1, 0.15) is 18.5 Å². The number of anilines is 2. The van der Waals surface area contributed by atoms with E-state index in [1.165, 1.54) is 6.07 Å². The Bertz CT molecular complexity index is 2270. The number of aromatic nitrogens is 3. The van der Waals surface area contributed by atoms with Crippen molar-refractivity contribution in [1.29, 1.82) is 0 Å². The molecule has 3 atom stereocenters. The molecule has 3 amide bonds. The molecule has 3 aliphatic rings. The maximum Gasteiger partial charge on any atom is 0.256 e. The molecule has 3 fully saturated rings. The van der Waals surface area contributed by atoms with Crippen molar-refractivity contribution in [2.24, 2.45) is 0 Å². The van der Waals surface area contributed by atoms with Crippen LogP contribution in [0.1, 0.15) is 73.1 Å². The molecule has 3 aromatic rings. The molecular formula is C46H67ClN10O9S. The number of aryl methyl sites for hydroxylation is 1. The quantitative estimate of drug-likeness (QED) is 0.0827. The number of amides is 3. The van der Waals surface area contributed by atoms with Crippen LogP contribution in [0, 0.1) is 19.3 Å². The zero-order valence-electron chi connectivity index (χ0n) is 39.1. The van der Waals surface area contributed by atoms with Gasteiger partial charge in [0, 0.05) is 81.1 Å². The number of benzene rings is 1. The normalized spacial score (nSPS) is 18.6. The summed E-state index contributed by atoms with van der Waals surface area (Å²) in [6, 6.07) is 5.98. The molecule has 0 bridgehead atoms. The summed E-state index contributed by atoms with van der Waals surface area (Å²) in [6.45, 7) is 13.7. The van der Waals surface area contributed by atoms with Gasteiger partial charge in [-0.2, -0.15) is 5.10 Å². The van der Waals surface area contributed by atoms with Gasteiger partial charge in [0.25, 0.3) is 5.91 Å². The highest BCUT2D eigenvalue weighted by Gasteiger charge is 2.33. The van der Waals surface area contributed by atoms with E-state index in [0.717, 1.165) is 94.7 Å². The highest BCUT2D eigenvalue weighted by Crippen LogP contribution is 2.34. The number of nitrogens with one attached hydrogen (secondary N) is 3. The molecule has 0 saturated carbocycles. The Labute approximate surface area is 399 Å². The van der Waals surface area contributed by atoms with Crippen LogP contribution in [-0.2, 0) is 38.6 Å². The summed E-state index contributed by atoms with van der Waals surface area (Å²) in [4.78, 5) is 53.0. The molecule has 21 heteroatoms. The molecule has 5 heterocycles. The summed E-state index contributed by atoms with van der Waals surface area (Å²) in [7, 11) is -3.65. The Morgan fingerprint density at radius 3 is 2.37 bits per heavy atom. The number of hydrogen-bond donors (Lipinski definition) is 3. The summed E-state index contributed by atoms with van der Waals surface area (Å²) in [5.41, 5.74) is 2.84. The number of nitrogens with zero attached hydrogens (tertiary/aromatic N) is 7. The van der Waals surface area contributed by atoms with Crippen molar-refractivity contribution >= 4 is 56.5 Å². The standard InChI is InChI=1S/C46H67ClN10O9S/c1-5-22-63-24-26-65-28-29-66-27-25-64-23-13-43(58)49-35(3)45(59)54-20-18-53(19-21-54)15-8-14-48-37-12-17-55(33-37)44-34(2)32-57-42(50-44)31-40(51-57)41-9-6-7-16-56(41)46(60)38-11-10-36(47)30-39(38)52-67(4,61)62/h1,10-11,30-32,35,37,41,48,52H,6-9,12-29,33H2,2-4H3,(H,49,58)/t35-,37-,41-/m0/s1. The summed E-state index contributed by atoms with van der Waals surface area (Å²) in [6.07, 6.45) is 12.8. The average Bonchev–Trinajstić information content (AvgIpc) is 3.95. The van der Waals surface area contributed by atoms with Gasteiger partial charge in [-0.15, -0.1) is 6.42 Å². The number of likely N-dealkylation sites (tertiary alicyclic amines) is 1. The number of piperazine rings is 1. The van der Waals surface area contributed by atoms with Crippen molar-refractivity contribution in [3.8, 4) is 12.3 Å². The van der Waals surface area contributed by atoms with E-state index in [2.05, 4.69) is 31.1 Å². The van der Waals surface area contributed by atoms with Crippen molar-refractivity contribution in [1.82, 2.24) is 39.9 Å². The van der Waals surface area contributed by atoms with E-state index in [9.17, 15) is 22.8 Å². The Balaban J connectivity index is 0.870. The second-order valence-electron chi connectivity index (χ2n) is 17.2. The van der Waals surface area contributed by atoms with Crippen LogP contribution < -0.4 is 20.3 Å². The predicted molar refractivity (Wildman–Crippen MR) is 256 cm³/mol. The van der Waals surface area contributed by atoms with Crippen LogP contribution >= 0.6 is 11.6 Å². The number of terminal acetylenes is 1. The zero-order chi connectivity index (χ0) is 47.8. The lowest BCUT2D eigenvalue weighted by Crippen LogP contribution is -2.54. The number of ether oxygens (including phenoxy) is 4. The number of rotatable bonds is 25. The molecule has 0 unspecified atom stereocenters. The van der Waals surface area contributed by atoms with Gasteiger partial charge in [-0.25, -0.2) is 17.9 Å². The maximum absolute atomic E-state index is 14.0. The molecule has 19 nitrogen and oxygen atoms in total. The number of piperidine rings is 1. The zero-order valence-corrected chi connectivity index (χ0v) is 40.6. The molecule has 6 rings (SSSR count). The van der Waals surface area contributed by atoms with Crippen molar-refractivity contribution in [2.45, 2.75) is 70.5 Å². The van der Waals surface area contributed by atoms with Gasteiger partial charge >= 0.3 is 0 Å². The summed E-state index contributed by atoms with van der Waals surface area (Å²) >= 11 is 6.18. The highest BCUT2D eigenvalue weighted by atomic mass is 35.5. The molecule has 3 aliphatic heterocycles. The first kappa shape index (κ1) is 51.8. The van der Waals surface area contributed by atoms with E-state index in [1.807, 2.05) is 24.1 Å². The lowest BCUT2D eigenvalue weighted by Gasteiger charge is -2.36. The molecular weight excluding hydrogens is 904 g/mol. The fraction of sp³-hybridized carbons (Fsp3) is 0.630. The monoisotopic (exact) mass is 970 g/mol. The first-order valence-corrected chi connectivity index (χ1v) is 25.5. The molecule has 67 heavy (non-hydrogen) atoms. The smallest absolute Gasteiger partial charge is 0.256 e. The minimum atomic E-state index is -3.65. The number of carbonyl (C=O) groups is 3. The highest BCUT2D eigenvalue weighted by molar-refractivity contribution is 7.92. The van der Waals surface area contributed by atoms with Gasteiger partial charge in [0.2, 0.25) is 21.8 Å². The first-order valence-electron chi connectivity index (χ1n) is 23.3. The Kier molecular flexibility index (Phi) is 19.9. The SMILES string of the molecule is C#CCOCCOCCOCCOCCC(=O)N[C@@H](C)C(=O)N1CCN(CCCN[C@H]2CCN(c3nc4cc([C@@H]5CCCCN5C(=O)c5ccc(Cl)cc5NS(C)(=O)=O)nn4cc3C)C2)CC1. The maximum atomic E-state index is 14.0. The van der Waals surface area contributed by atoms with Crippen molar-refractivity contribution in [3.63, 3.8) is 0 Å². The molecule has 0 spiro atoms. The van der Waals surface area contributed by atoms with E-state index in [1.54, 1.807) is 28.5 Å². The van der Waals surface area contributed by atoms with Gasteiger partial charge < -0.3 is 44.3 Å². The van der Waals surface area contributed by atoms with E-state index >= 15 is 0 Å². The van der Waals surface area contributed by atoms with Gasteiger partial charge in [0.05, 0.1) is 75.5 Å². The minimum absolute atomic E-state index is 0.0730. The van der Waals surface area contributed by atoms with Crippen LogP contribution in [-0.4, -0.2) is 186 Å². The van der Waals surface area contributed by atoms with Gasteiger partial charge in [-0.1, -0.05) is 17.5 Å². The van der Waals surface area contributed by atoms with Crippen LogP contribution in [0.25, 0.3) is 5.65 Å². The second kappa shape index (κ2) is 25.7. The number of sulfonamides is 1. The lowest BCUT2D eigenvalue weighted by atomic mass is 9.98. The molecule has 368 valence electrons. The predicted octanol–water partition coefficient (Wildman–Crippen LogP) is 2.73. The molecule has 3 saturated heterocycles. The third-order valence-electron chi connectivity index (χ3n) is 12.0. The lowest BCUT2D eigenvalue weighted by molar-refractivity contribution is -0.137. The van der Waals surface area contributed by atoms with Crippen molar-refractivity contribution in [3.05, 3.63) is 52.3 Å². The number of hydrogen-bond acceptors (Lipinski definition) is 14. The van der Waals surface area contributed by atoms with Crippen LogP contribution in [0.3, 0.4) is 0 Å². The van der Waals surface area contributed by atoms with Gasteiger partial charge in [-0.05, 0) is 77.2 Å². The fourth-order valence-corrected chi connectivity index (χ4v) is 9.39. The molecule has 0 radical (unpaired) electrons. The largest absolute Gasteiger partial charge is 0.379 e. The van der Waals surface area contributed by atoms with E-state index in [-0.39, 0.29) is 54.6 Å². The second-order valence-corrected chi connectivity index (χ2v) is 19.4. The van der Waals surface area contributed by atoms with Crippen molar-refractivity contribution < 1.29 is 41.7 Å². The summed E-state index contributed by atoms with van der Waals surface area (Å²) in [5, 5.41) is 11.8. The van der Waals surface area contributed by atoms with Crippen molar-refractivity contribution in [2.75, 3.05) is 128 Å². The molecule has 3 N–H and O–H groups in total. The molecule has 0 aliphatic carbocycles. The van der Waals surface area contributed by atoms with Crippen LogP contribution in [0.5, 0.6) is 0 Å². The number of fused-ring (bicyclic) bond motifs is 1. The topological polar surface area (TPSA) is 202 Å². The summed E-state index contributed by atoms with van der Waals surface area (Å²) in [5.74, 6) is 2.73. The number of halogens is 1. The Morgan fingerprint density at radius 1 is 0.940 bits per heavy atom. The third kappa shape index (κ3) is 15.7. The molecule has 2 aromatic heterocycles. The Hall–Kier alpha value is -4.59. The van der Waals surface area contributed by atoms with Gasteiger partial charge in [0.15, 0.2) is 5.65 Å². The van der Waals surface area contributed by atoms with Gasteiger partial charge in [-0.3, -0.25) is 24.0 Å². The van der Waals surface area contributed by atoms with E-state index in [4.69, 9.17) is 47.1 Å².